The van der Waals surface area contributed by atoms with E-state index in [1.807, 2.05) is 0 Å². The Bertz CT molecular complexity index is 138. The molecule has 0 spiro atoms. The van der Waals surface area contributed by atoms with Gasteiger partial charge in [-0.3, -0.25) is 0 Å². The second-order valence-electron chi connectivity index (χ2n) is 3.73. The van der Waals surface area contributed by atoms with Gasteiger partial charge < -0.3 is 5.32 Å². The molecule has 0 aromatic carbocycles. The Hall–Kier alpha value is -0.460. The molecule has 2 unspecified atom stereocenters. The summed E-state index contributed by atoms with van der Waals surface area (Å²) < 4.78 is 0. The summed E-state index contributed by atoms with van der Waals surface area (Å²) in [5.74, 6) is 1.64. The minimum absolute atomic E-state index is 0.708. The van der Waals surface area contributed by atoms with Crippen LogP contribution in [0.2, 0.25) is 0 Å². The third kappa shape index (κ3) is 1.98. The summed E-state index contributed by atoms with van der Waals surface area (Å²) >= 11 is 0. The third-order valence-corrected chi connectivity index (χ3v) is 2.65. The lowest BCUT2D eigenvalue weighted by Crippen LogP contribution is -2.37. The first-order valence-electron chi connectivity index (χ1n) is 4.66. The van der Waals surface area contributed by atoms with E-state index in [0.717, 1.165) is 11.8 Å². The van der Waals surface area contributed by atoms with Gasteiger partial charge >= 0.3 is 0 Å². The molecular weight excluding hydrogens is 134 g/mol. The zero-order chi connectivity index (χ0) is 8.27. The smallest absolute Gasteiger partial charge is 0.0286 e. The van der Waals surface area contributed by atoms with Crippen molar-refractivity contribution in [2.75, 3.05) is 0 Å². The average Bonchev–Trinajstić information content (AvgIpc) is 2.04. The molecule has 2 atom stereocenters. The van der Waals surface area contributed by atoms with Crippen molar-refractivity contribution in [3.8, 4) is 0 Å². The highest BCUT2D eigenvalue weighted by atomic mass is 14.9. The molecule has 0 saturated carbocycles. The zero-order valence-corrected chi connectivity index (χ0v) is 7.80. The molecule has 1 aliphatic heterocycles. The molecule has 1 heterocycles. The number of hydrogen-bond donors (Lipinski definition) is 1. The fourth-order valence-electron chi connectivity index (χ4n) is 1.86. The van der Waals surface area contributed by atoms with Gasteiger partial charge in [-0.2, -0.15) is 0 Å². The predicted octanol–water partition coefficient (Wildman–Crippen LogP) is 2.54. The Labute approximate surface area is 69.9 Å². The summed E-state index contributed by atoms with van der Waals surface area (Å²) in [5.41, 5.74) is 0. The summed E-state index contributed by atoms with van der Waals surface area (Å²) in [4.78, 5) is 0. The molecule has 0 radical (unpaired) electrons. The summed E-state index contributed by atoms with van der Waals surface area (Å²) in [6, 6.07) is 0.708. The van der Waals surface area contributed by atoms with Gasteiger partial charge in [0.2, 0.25) is 0 Å². The van der Waals surface area contributed by atoms with Crippen LogP contribution in [-0.4, -0.2) is 6.04 Å². The third-order valence-electron chi connectivity index (χ3n) is 2.65. The van der Waals surface area contributed by atoms with Crippen LogP contribution in [0.15, 0.2) is 12.3 Å². The van der Waals surface area contributed by atoms with Gasteiger partial charge in [-0.1, -0.05) is 26.8 Å². The van der Waals surface area contributed by atoms with Crippen LogP contribution < -0.4 is 5.32 Å². The Balaban J connectivity index is 2.54. The second kappa shape index (κ2) is 3.80. The molecule has 0 amide bonds. The molecule has 1 N–H and O–H groups in total. The van der Waals surface area contributed by atoms with Gasteiger partial charge in [-0.25, -0.2) is 0 Å². The first kappa shape index (κ1) is 8.63. The molecular formula is C10H19N. The Morgan fingerprint density at radius 3 is 2.73 bits per heavy atom. The van der Waals surface area contributed by atoms with E-state index in [1.165, 1.54) is 12.8 Å². The van der Waals surface area contributed by atoms with Crippen LogP contribution in [0.5, 0.6) is 0 Å². The molecule has 1 rings (SSSR count). The fraction of sp³-hybridized carbons (Fsp3) is 0.800. The van der Waals surface area contributed by atoms with Crippen LogP contribution in [0.3, 0.4) is 0 Å². The highest BCUT2D eigenvalue weighted by molar-refractivity contribution is 4.95. The van der Waals surface area contributed by atoms with Crippen LogP contribution in [0.25, 0.3) is 0 Å². The minimum atomic E-state index is 0.708. The molecule has 1 nitrogen and oxygen atoms in total. The quantitative estimate of drug-likeness (QED) is 0.643. The Morgan fingerprint density at radius 1 is 1.55 bits per heavy atom. The number of hydrogen-bond acceptors (Lipinski definition) is 1. The lowest BCUT2D eigenvalue weighted by Gasteiger charge is -2.31. The van der Waals surface area contributed by atoms with E-state index < -0.39 is 0 Å². The topological polar surface area (TPSA) is 12.0 Å². The average molecular weight is 153 g/mol. The van der Waals surface area contributed by atoms with Crippen molar-refractivity contribution in [2.45, 2.75) is 39.7 Å². The molecule has 0 saturated heterocycles. The van der Waals surface area contributed by atoms with E-state index in [4.69, 9.17) is 0 Å². The summed E-state index contributed by atoms with van der Waals surface area (Å²) in [6.07, 6.45) is 6.85. The summed E-state index contributed by atoms with van der Waals surface area (Å²) in [5, 5.41) is 3.42. The highest BCUT2D eigenvalue weighted by Gasteiger charge is 2.22. The normalized spacial score (nSPS) is 30.5. The maximum Gasteiger partial charge on any atom is 0.0286 e. The van der Waals surface area contributed by atoms with Crippen LogP contribution in [-0.2, 0) is 0 Å². The van der Waals surface area contributed by atoms with Crippen molar-refractivity contribution in [2.24, 2.45) is 11.8 Å². The molecule has 0 aromatic rings. The van der Waals surface area contributed by atoms with Crippen LogP contribution >= 0.6 is 0 Å². The monoisotopic (exact) mass is 153 g/mol. The Morgan fingerprint density at radius 2 is 2.27 bits per heavy atom. The summed E-state index contributed by atoms with van der Waals surface area (Å²) in [7, 11) is 0. The standard InChI is InChI=1S/C10H19N/c1-4-10-9(8(2)3)6-5-7-11-10/h5,7-11H,4,6H2,1-3H3. The first-order valence-corrected chi connectivity index (χ1v) is 4.66. The molecule has 0 bridgehead atoms. The molecule has 1 aliphatic rings. The SMILES string of the molecule is CCC1NC=CCC1C(C)C. The van der Waals surface area contributed by atoms with Gasteiger partial charge in [0, 0.05) is 6.04 Å². The number of allylic oxidation sites excluding steroid dienone is 1. The van der Waals surface area contributed by atoms with Crippen molar-refractivity contribution < 1.29 is 0 Å². The Kier molecular flexibility index (Phi) is 2.98. The van der Waals surface area contributed by atoms with Crippen molar-refractivity contribution >= 4 is 0 Å². The van der Waals surface area contributed by atoms with Crippen molar-refractivity contribution in [1.82, 2.24) is 5.32 Å². The van der Waals surface area contributed by atoms with Crippen molar-refractivity contribution in [3.63, 3.8) is 0 Å². The largest absolute Gasteiger partial charge is 0.388 e. The highest BCUT2D eigenvalue weighted by Crippen LogP contribution is 2.24. The van der Waals surface area contributed by atoms with Crippen molar-refractivity contribution in [3.05, 3.63) is 12.3 Å². The molecule has 64 valence electrons. The van der Waals surface area contributed by atoms with E-state index in [1.54, 1.807) is 0 Å². The van der Waals surface area contributed by atoms with E-state index in [-0.39, 0.29) is 0 Å². The van der Waals surface area contributed by atoms with Crippen LogP contribution in [0.1, 0.15) is 33.6 Å². The molecule has 0 aromatic heterocycles. The second-order valence-corrected chi connectivity index (χ2v) is 3.73. The number of nitrogens with one attached hydrogen (secondary N) is 1. The van der Waals surface area contributed by atoms with Crippen LogP contribution in [0.4, 0.5) is 0 Å². The number of rotatable bonds is 2. The van der Waals surface area contributed by atoms with Crippen molar-refractivity contribution in [1.29, 1.82) is 0 Å². The van der Waals surface area contributed by atoms with Gasteiger partial charge in [0.05, 0.1) is 0 Å². The van der Waals surface area contributed by atoms with E-state index in [2.05, 4.69) is 38.4 Å². The fourth-order valence-corrected chi connectivity index (χ4v) is 1.86. The van der Waals surface area contributed by atoms with Gasteiger partial charge in [-0.05, 0) is 30.9 Å². The van der Waals surface area contributed by atoms with Gasteiger partial charge in [0.25, 0.3) is 0 Å². The van der Waals surface area contributed by atoms with E-state index in [0.29, 0.717) is 6.04 Å². The van der Waals surface area contributed by atoms with Gasteiger partial charge in [-0.15, -0.1) is 0 Å². The first-order chi connectivity index (χ1) is 5.25. The lowest BCUT2D eigenvalue weighted by atomic mass is 9.83. The maximum atomic E-state index is 3.42. The minimum Gasteiger partial charge on any atom is -0.388 e. The lowest BCUT2D eigenvalue weighted by molar-refractivity contribution is 0.278. The predicted molar refractivity (Wildman–Crippen MR) is 49.3 cm³/mol. The van der Waals surface area contributed by atoms with Gasteiger partial charge in [0.1, 0.15) is 0 Å². The van der Waals surface area contributed by atoms with Gasteiger partial charge in [0.15, 0.2) is 0 Å². The summed E-state index contributed by atoms with van der Waals surface area (Å²) in [6.45, 7) is 6.88. The molecule has 0 fully saturated rings. The molecule has 11 heavy (non-hydrogen) atoms. The maximum absolute atomic E-state index is 3.42. The zero-order valence-electron chi connectivity index (χ0n) is 7.80. The van der Waals surface area contributed by atoms with E-state index in [9.17, 15) is 0 Å². The van der Waals surface area contributed by atoms with E-state index >= 15 is 0 Å². The molecule has 0 aliphatic carbocycles. The molecule has 1 heteroatoms. The van der Waals surface area contributed by atoms with Crippen LogP contribution in [0, 0.1) is 11.8 Å².